The molecule has 1 N–H and O–H groups in total. The van der Waals surface area contributed by atoms with Crippen LogP contribution in [0, 0.1) is 0 Å². The molecule has 2 aromatic carbocycles. The first-order valence-electron chi connectivity index (χ1n) is 6.79. The number of hydrogen-bond donors (Lipinski definition) is 1. The van der Waals surface area contributed by atoms with Crippen LogP contribution < -0.4 is 9.47 Å². The van der Waals surface area contributed by atoms with Crippen LogP contribution in [-0.2, 0) is 6.42 Å². The highest BCUT2D eigenvalue weighted by Crippen LogP contribution is 2.40. The SMILES string of the molecule is CCc1ccc(C(O)c2ccc(OC)c(Cl)c2OC)cc1. The zero-order valence-corrected chi connectivity index (χ0v) is 13.1. The van der Waals surface area contributed by atoms with Crippen molar-refractivity contribution in [3.63, 3.8) is 0 Å². The molecular weight excluding hydrogens is 288 g/mol. The third kappa shape index (κ3) is 3.14. The largest absolute Gasteiger partial charge is 0.495 e. The Kier molecular flexibility index (Phi) is 5.10. The maximum absolute atomic E-state index is 10.6. The van der Waals surface area contributed by atoms with Crippen molar-refractivity contribution in [2.75, 3.05) is 14.2 Å². The first kappa shape index (κ1) is 15.7. The third-order valence-electron chi connectivity index (χ3n) is 3.51. The third-order valence-corrected chi connectivity index (χ3v) is 3.87. The van der Waals surface area contributed by atoms with Crippen LogP contribution in [0.25, 0.3) is 0 Å². The number of aryl methyl sites for hydroxylation is 1. The fourth-order valence-electron chi connectivity index (χ4n) is 2.25. The van der Waals surface area contributed by atoms with Gasteiger partial charge in [-0.3, -0.25) is 0 Å². The van der Waals surface area contributed by atoms with E-state index in [0.717, 1.165) is 12.0 Å². The van der Waals surface area contributed by atoms with E-state index in [2.05, 4.69) is 6.92 Å². The van der Waals surface area contributed by atoms with Crippen LogP contribution >= 0.6 is 11.6 Å². The summed E-state index contributed by atoms with van der Waals surface area (Å²) in [6.07, 6.45) is 0.169. The molecule has 0 saturated heterocycles. The lowest BCUT2D eigenvalue weighted by Crippen LogP contribution is -2.04. The summed E-state index contributed by atoms with van der Waals surface area (Å²) in [5.74, 6) is 0.953. The Hall–Kier alpha value is -1.71. The summed E-state index contributed by atoms with van der Waals surface area (Å²) in [5, 5.41) is 10.9. The van der Waals surface area contributed by atoms with Crippen molar-refractivity contribution in [3.8, 4) is 11.5 Å². The average molecular weight is 307 g/mol. The second kappa shape index (κ2) is 6.83. The van der Waals surface area contributed by atoms with Crippen LogP contribution in [-0.4, -0.2) is 19.3 Å². The van der Waals surface area contributed by atoms with Crippen LogP contribution in [0.15, 0.2) is 36.4 Å². The molecule has 2 aromatic rings. The Labute approximate surface area is 130 Å². The van der Waals surface area contributed by atoms with E-state index in [0.29, 0.717) is 22.1 Å². The Morgan fingerprint density at radius 3 is 2.24 bits per heavy atom. The summed E-state index contributed by atoms with van der Waals surface area (Å²) < 4.78 is 10.5. The van der Waals surface area contributed by atoms with Crippen molar-refractivity contribution >= 4 is 11.6 Å². The summed E-state index contributed by atoms with van der Waals surface area (Å²) in [5.41, 5.74) is 2.64. The van der Waals surface area contributed by atoms with E-state index >= 15 is 0 Å². The molecule has 0 aliphatic heterocycles. The number of halogens is 1. The summed E-state index contributed by atoms with van der Waals surface area (Å²) in [6.45, 7) is 2.09. The Bertz CT molecular complexity index is 608. The van der Waals surface area contributed by atoms with Gasteiger partial charge < -0.3 is 14.6 Å². The van der Waals surface area contributed by atoms with Gasteiger partial charge in [-0.2, -0.15) is 0 Å². The molecule has 0 fully saturated rings. The number of methoxy groups -OCH3 is 2. The molecule has 2 rings (SSSR count). The standard InChI is InChI=1S/C17H19ClO3/c1-4-11-5-7-12(8-6-11)16(19)13-9-10-14(20-2)15(18)17(13)21-3/h5-10,16,19H,4H2,1-3H3. The lowest BCUT2D eigenvalue weighted by molar-refractivity contribution is 0.214. The number of hydrogen-bond acceptors (Lipinski definition) is 3. The summed E-state index contributed by atoms with van der Waals surface area (Å²) in [6, 6.07) is 11.3. The molecule has 0 bridgehead atoms. The normalized spacial score (nSPS) is 12.0. The molecule has 21 heavy (non-hydrogen) atoms. The van der Waals surface area contributed by atoms with Crippen molar-refractivity contribution in [1.82, 2.24) is 0 Å². The van der Waals surface area contributed by atoms with Gasteiger partial charge in [0.2, 0.25) is 0 Å². The molecule has 0 spiro atoms. The van der Waals surface area contributed by atoms with Gasteiger partial charge in [0.15, 0.2) is 0 Å². The van der Waals surface area contributed by atoms with Gasteiger partial charge in [0.1, 0.15) is 22.6 Å². The zero-order valence-electron chi connectivity index (χ0n) is 12.4. The van der Waals surface area contributed by atoms with E-state index in [1.54, 1.807) is 19.2 Å². The van der Waals surface area contributed by atoms with Crippen molar-refractivity contribution in [3.05, 3.63) is 58.1 Å². The first-order chi connectivity index (χ1) is 10.1. The highest BCUT2D eigenvalue weighted by molar-refractivity contribution is 6.33. The minimum atomic E-state index is -0.797. The molecule has 0 heterocycles. The monoisotopic (exact) mass is 306 g/mol. The average Bonchev–Trinajstić information content (AvgIpc) is 2.54. The van der Waals surface area contributed by atoms with Crippen molar-refractivity contribution < 1.29 is 14.6 Å². The van der Waals surface area contributed by atoms with Gasteiger partial charge in [-0.05, 0) is 29.7 Å². The molecule has 0 aliphatic carbocycles. The summed E-state index contributed by atoms with van der Waals surface area (Å²) in [4.78, 5) is 0. The smallest absolute Gasteiger partial charge is 0.147 e. The molecule has 0 aliphatic rings. The van der Waals surface area contributed by atoms with Gasteiger partial charge >= 0.3 is 0 Å². The molecule has 1 atom stereocenters. The fraction of sp³-hybridized carbons (Fsp3) is 0.294. The van der Waals surface area contributed by atoms with E-state index in [9.17, 15) is 5.11 Å². The number of aliphatic hydroxyl groups is 1. The Balaban J connectivity index is 2.42. The fourth-order valence-corrected chi connectivity index (χ4v) is 2.57. The second-order valence-corrected chi connectivity index (χ2v) is 5.08. The van der Waals surface area contributed by atoms with Gasteiger partial charge in [0.25, 0.3) is 0 Å². The number of rotatable bonds is 5. The lowest BCUT2D eigenvalue weighted by Gasteiger charge is -2.18. The minimum absolute atomic E-state index is 0.363. The van der Waals surface area contributed by atoms with Crippen LogP contribution in [0.1, 0.15) is 29.7 Å². The molecule has 4 heteroatoms. The number of aliphatic hydroxyl groups excluding tert-OH is 1. The predicted octanol–water partition coefficient (Wildman–Crippen LogP) is 4.00. The van der Waals surface area contributed by atoms with E-state index in [1.807, 2.05) is 24.3 Å². The van der Waals surface area contributed by atoms with Crippen LogP contribution in [0.5, 0.6) is 11.5 Å². The van der Waals surface area contributed by atoms with Gasteiger partial charge in [-0.15, -0.1) is 0 Å². The Morgan fingerprint density at radius 1 is 1.05 bits per heavy atom. The van der Waals surface area contributed by atoms with E-state index in [4.69, 9.17) is 21.1 Å². The highest BCUT2D eigenvalue weighted by Gasteiger charge is 2.20. The van der Waals surface area contributed by atoms with E-state index < -0.39 is 6.10 Å². The quantitative estimate of drug-likeness (QED) is 0.907. The number of benzene rings is 2. The van der Waals surface area contributed by atoms with E-state index in [-0.39, 0.29) is 0 Å². The molecular formula is C17H19ClO3. The van der Waals surface area contributed by atoms with Gasteiger partial charge in [0.05, 0.1) is 14.2 Å². The second-order valence-electron chi connectivity index (χ2n) is 4.70. The maximum atomic E-state index is 10.6. The molecule has 0 saturated carbocycles. The summed E-state index contributed by atoms with van der Waals surface area (Å²) in [7, 11) is 3.07. The van der Waals surface area contributed by atoms with Crippen LogP contribution in [0.3, 0.4) is 0 Å². The summed E-state index contributed by atoms with van der Waals surface area (Å²) >= 11 is 6.23. The maximum Gasteiger partial charge on any atom is 0.147 e. The topological polar surface area (TPSA) is 38.7 Å². The van der Waals surface area contributed by atoms with E-state index in [1.165, 1.54) is 12.7 Å². The van der Waals surface area contributed by atoms with Gasteiger partial charge in [-0.25, -0.2) is 0 Å². The van der Waals surface area contributed by atoms with Crippen LogP contribution in [0.4, 0.5) is 0 Å². The Morgan fingerprint density at radius 2 is 1.71 bits per heavy atom. The molecule has 0 amide bonds. The number of ether oxygens (including phenoxy) is 2. The van der Waals surface area contributed by atoms with Crippen molar-refractivity contribution in [2.24, 2.45) is 0 Å². The van der Waals surface area contributed by atoms with Gasteiger partial charge in [-0.1, -0.05) is 42.8 Å². The molecule has 112 valence electrons. The lowest BCUT2D eigenvalue weighted by atomic mass is 9.99. The molecule has 0 radical (unpaired) electrons. The first-order valence-corrected chi connectivity index (χ1v) is 7.17. The van der Waals surface area contributed by atoms with Crippen LogP contribution in [0.2, 0.25) is 5.02 Å². The predicted molar refractivity (Wildman–Crippen MR) is 84.4 cm³/mol. The minimum Gasteiger partial charge on any atom is -0.495 e. The van der Waals surface area contributed by atoms with Crippen molar-refractivity contribution in [2.45, 2.75) is 19.4 Å². The molecule has 0 aromatic heterocycles. The molecule has 1 unspecified atom stereocenters. The highest BCUT2D eigenvalue weighted by atomic mass is 35.5. The van der Waals surface area contributed by atoms with Gasteiger partial charge in [0, 0.05) is 5.56 Å². The molecule has 3 nitrogen and oxygen atoms in total. The van der Waals surface area contributed by atoms with Crippen molar-refractivity contribution in [1.29, 1.82) is 0 Å². The zero-order chi connectivity index (χ0) is 15.4.